The molecule has 2 fully saturated rings. The van der Waals surface area contributed by atoms with Crippen LogP contribution in [0.1, 0.15) is 36.6 Å². The topological polar surface area (TPSA) is 65.7 Å². The van der Waals surface area contributed by atoms with Crippen LogP contribution >= 0.6 is 23.2 Å². The van der Waals surface area contributed by atoms with Crippen molar-refractivity contribution in [1.29, 1.82) is 0 Å². The highest BCUT2D eigenvalue weighted by atomic mass is 35.5. The Bertz CT molecular complexity index is 1150. The van der Waals surface area contributed by atoms with E-state index in [1.165, 1.54) is 11.9 Å². The Labute approximate surface area is 195 Å². The quantitative estimate of drug-likeness (QED) is 0.482. The van der Waals surface area contributed by atoms with Crippen molar-refractivity contribution in [2.24, 2.45) is 0 Å². The second-order valence-corrected chi connectivity index (χ2v) is 9.58. The molecule has 4 aliphatic heterocycles. The molecule has 1 unspecified atom stereocenters. The molecule has 9 heteroatoms. The Morgan fingerprint density at radius 3 is 2.84 bits per heavy atom. The molecular formula is C23H22Cl2N3O4+. The van der Waals surface area contributed by atoms with E-state index >= 15 is 0 Å². The molecule has 0 spiro atoms. The molecule has 1 aromatic carbocycles. The van der Waals surface area contributed by atoms with Crippen LogP contribution in [-0.2, 0) is 25.4 Å². The fourth-order valence-corrected chi connectivity index (χ4v) is 5.36. The Morgan fingerprint density at radius 1 is 1.12 bits per heavy atom. The monoisotopic (exact) mass is 474 g/mol. The van der Waals surface area contributed by atoms with E-state index in [4.69, 9.17) is 42.1 Å². The third-order valence-corrected chi connectivity index (χ3v) is 6.81. The number of hydrogen-bond donors (Lipinski definition) is 0. The molecule has 0 radical (unpaired) electrons. The smallest absolute Gasteiger partial charge is 0.339 e. The lowest BCUT2D eigenvalue weighted by atomic mass is 9.92. The zero-order valence-electron chi connectivity index (χ0n) is 17.6. The summed E-state index contributed by atoms with van der Waals surface area (Å²) in [6, 6.07) is 5.92. The second kappa shape index (κ2) is 7.58. The zero-order chi connectivity index (χ0) is 22.0. The molecule has 2 saturated heterocycles. The largest absolute Gasteiger partial charge is 0.370 e. The van der Waals surface area contributed by atoms with Gasteiger partial charge in [0.25, 0.3) is 0 Å². The second-order valence-electron chi connectivity index (χ2n) is 8.79. The molecule has 6 rings (SSSR count). The lowest BCUT2D eigenvalue weighted by Crippen LogP contribution is -2.37. The molecule has 2 aromatic rings. The van der Waals surface area contributed by atoms with E-state index in [0.717, 1.165) is 22.6 Å². The Hall–Kier alpha value is -1.87. The van der Waals surface area contributed by atoms with Crippen molar-refractivity contribution in [3.63, 3.8) is 0 Å². The summed E-state index contributed by atoms with van der Waals surface area (Å²) in [6.45, 7) is 4.45. The summed E-state index contributed by atoms with van der Waals surface area (Å²) in [5.41, 5.74) is 3.05. The maximum atomic E-state index is 6.54. The Kier molecular flexibility index (Phi) is 4.91. The van der Waals surface area contributed by atoms with E-state index < -0.39 is 5.79 Å². The van der Waals surface area contributed by atoms with Crippen LogP contribution < -0.4 is 0 Å². The highest BCUT2D eigenvalue weighted by Gasteiger charge is 2.58. The van der Waals surface area contributed by atoms with Gasteiger partial charge >= 0.3 is 5.82 Å². The molecule has 5 atom stereocenters. The number of ether oxygens (including phenoxy) is 4. The minimum Gasteiger partial charge on any atom is -0.370 e. The number of hydrogen-bond acceptors (Lipinski definition) is 6. The SMILES string of the molecule is CC1(C)O[C@@H]2[C@@H]([C@@H]3OCCc4cc(Cl)ccc43)OC(/C=[N+]3\C=Cc4c(Cl)ncnc43)[C@@H]2O1. The molecule has 4 aliphatic rings. The first kappa shape index (κ1) is 20.7. The van der Waals surface area contributed by atoms with Crippen LogP contribution in [0.25, 0.3) is 6.08 Å². The van der Waals surface area contributed by atoms with Gasteiger partial charge in [0.2, 0.25) is 6.33 Å². The van der Waals surface area contributed by atoms with E-state index in [0.29, 0.717) is 17.6 Å². The Balaban J connectivity index is 1.36. The van der Waals surface area contributed by atoms with Gasteiger partial charge in [-0.25, -0.2) is 4.58 Å². The van der Waals surface area contributed by atoms with Crippen LogP contribution in [0, 0.1) is 0 Å². The van der Waals surface area contributed by atoms with Crippen LogP contribution in [-0.4, -0.2) is 57.6 Å². The molecule has 1 aromatic heterocycles. The van der Waals surface area contributed by atoms with E-state index in [9.17, 15) is 0 Å². The lowest BCUT2D eigenvalue weighted by molar-refractivity contribution is -0.359. The van der Waals surface area contributed by atoms with E-state index in [1.54, 1.807) is 0 Å². The number of rotatable bonds is 2. The van der Waals surface area contributed by atoms with Gasteiger partial charge in [-0.2, -0.15) is 4.98 Å². The van der Waals surface area contributed by atoms with Gasteiger partial charge in [0.05, 0.1) is 12.8 Å². The van der Waals surface area contributed by atoms with Crippen LogP contribution in [0.15, 0.2) is 30.7 Å². The standard InChI is InChI=1S/C23H22Cl2N3O4/c1-23(2)31-18-16(10-28-7-5-15-21(25)26-11-27-22(15)28)30-19(20(18)32-23)17-14-4-3-13(24)9-12(14)6-8-29-17/h3-5,7,9-11,16-20H,6,8H2,1-2H3/q+1/b28-10+/t16?,17-,18+,19-,20+/m1/s1. The number of halogens is 2. The van der Waals surface area contributed by atoms with Gasteiger partial charge in [-0.05, 0) is 54.6 Å². The summed E-state index contributed by atoms with van der Waals surface area (Å²) in [7, 11) is 0. The first-order chi connectivity index (χ1) is 15.4. The number of fused-ring (bicyclic) bond motifs is 3. The Morgan fingerprint density at radius 2 is 1.97 bits per heavy atom. The van der Waals surface area contributed by atoms with E-state index in [-0.39, 0.29) is 30.5 Å². The molecule has 32 heavy (non-hydrogen) atoms. The number of nitrogens with zero attached hydrogens (tertiary/aromatic N) is 3. The fourth-order valence-electron chi connectivity index (χ4n) is 4.97. The van der Waals surface area contributed by atoms with Crippen molar-refractivity contribution in [2.45, 2.75) is 56.6 Å². The van der Waals surface area contributed by atoms with Crippen LogP contribution in [0.5, 0.6) is 0 Å². The van der Waals surface area contributed by atoms with Gasteiger partial charge in [0, 0.05) is 5.02 Å². The van der Waals surface area contributed by atoms with Gasteiger partial charge < -0.3 is 18.9 Å². The molecule has 166 valence electrons. The third kappa shape index (κ3) is 3.39. The van der Waals surface area contributed by atoms with Crippen LogP contribution in [0.2, 0.25) is 10.2 Å². The fraction of sp³-hybridized carbons (Fsp3) is 0.435. The molecule has 0 saturated carbocycles. The summed E-state index contributed by atoms with van der Waals surface area (Å²) in [5.74, 6) is -0.00812. The van der Waals surface area contributed by atoms with Crippen molar-refractivity contribution < 1.29 is 23.5 Å². The number of benzene rings is 1. The van der Waals surface area contributed by atoms with E-state index in [1.807, 2.05) is 55.1 Å². The zero-order valence-corrected chi connectivity index (χ0v) is 19.1. The van der Waals surface area contributed by atoms with Crippen LogP contribution in [0.4, 0.5) is 5.82 Å². The average Bonchev–Trinajstić information content (AvgIpc) is 3.40. The van der Waals surface area contributed by atoms with Crippen molar-refractivity contribution in [2.75, 3.05) is 6.61 Å². The van der Waals surface area contributed by atoms with Crippen molar-refractivity contribution >= 4 is 41.3 Å². The van der Waals surface area contributed by atoms with Gasteiger partial charge in [-0.15, -0.1) is 0 Å². The summed E-state index contributed by atoms with van der Waals surface area (Å²) >= 11 is 12.4. The molecule has 0 bridgehead atoms. The first-order valence-corrected chi connectivity index (χ1v) is 11.4. The maximum absolute atomic E-state index is 6.54. The van der Waals surface area contributed by atoms with Crippen molar-refractivity contribution in [3.05, 3.63) is 57.6 Å². The highest BCUT2D eigenvalue weighted by Crippen LogP contribution is 2.45. The molecule has 5 heterocycles. The minimum atomic E-state index is -0.717. The third-order valence-electron chi connectivity index (χ3n) is 6.27. The van der Waals surface area contributed by atoms with Crippen molar-refractivity contribution in [1.82, 2.24) is 9.97 Å². The van der Waals surface area contributed by atoms with Gasteiger partial charge in [0.1, 0.15) is 47.5 Å². The van der Waals surface area contributed by atoms with Gasteiger partial charge in [-0.1, -0.05) is 29.3 Å². The predicted octanol–water partition coefficient (Wildman–Crippen LogP) is 4.08. The summed E-state index contributed by atoms with van der Waals surface area (Å²) < 4.78 is 27.2. The minimum absolute atomic E-state index is 0.266. The molecule has 7 nitrogen and oxygen atoms in total. The van der Waals surface area contributed by atoms with Crippen molar-refractivity contribution in [3.8, 4) is 0 Å². The summed E-state index contributed by atoms with van der Waals surface area (Å²) in [6.07, 6.45) is 6.49. The lowest BCUT2D eigenvalue weighted by Gasteiger charge is -2.33. The highest BCUT2D eigenvalue weighted by molar-refractivity contribution is 6.31. The van der Waals surface area contributed by atoms with Crippen LogP contribution in [0.3, 0.4) is 0 Å². The maximum Gasteiger partial charge on any atom is 0.339 e. The predicted molar refractivity (Wildman–Crippen MR) is 118 cm³/mol. The molecule has 0 N–H and O–H groups in total. The van der Waals surface area contributed by atoms with E-state index in [2.05, 4.69) is 9.97 Å². The molecular weight excluding hydrogens is 453 g/mol. The van der Waals surface area contributed by atoms with Gasteiger partial charge in [-0.3, -0.25) is 0 Å². The molecule has 0 aliphatic carbocycles. The first-order valence-electron chi connectivity index (χ1n) is 10.6. The molecule has 0 amide bonds. The normalized spacial score (nSPS) is 33.4. The summed E-state index contributed by atoms with van der Waals surface area (Å²) in [5, 5.41) is 1.14. The average molecular weight is 475 g/mol. The summed E-state index contributed by atoms with van der Waals surface area (Å²) in [4.78, 5) is 8.43. The number of aromatic nitrogens is 2. The van der Waals surface area contributed by atoms with Gasteiger partial charge in [0.15, 0.2) is 5.79 Å².